The number of carbonyl (C=O) groups is 1. The van der Waals surface area contributed by atoms with Gasteiger partial charge in [-0.3, -0.25) is 14.3 Å². The van der Waals surface area contributed by atoms with Crippen LogP contribution < -0.4 is 11.1 Å². The lowest BCUT2D eigenvalue weighted by Gasteiger charge is -2.27. The van der Waals surface area contributed by atoms with Gasteiger partial charge in [-0.05, 0) is 25.0 Å². The van der Waals surface area contributed by atoms with Crippen LogP contribution in [0.4, 0.5) is 0 Å². The molecule has 1 atom stereocenters. The average molecular weight is 315 g/mol. The van der Waals surface area contributed by atoms with Gasteiger partial charge in [0.1, 0.15) is 12.1 Å². The quantitative estimate of drug-likeness (QED) is 0.878. The van der Waals surface area contributed by atoms with Gasteiger partial charge in [-0.2, -0.15) is 5.26 Å². The Balaban J connectivity index is 2.25. The summed E-state index contributed by atoms with van der Waals surface area (Å²) >= 11 is 0. The first-order valence-corrected chi connectivity index (χ1v) is 7.06. The second-order valence-corrected chi connectivity index (χ2v) is 5.62. The third-order valence-electron chi connectivity index (χ3n) is 3.69. The molecule has 0 bridgehead atoms. The molecule has 0 aromatic carbocycles. The zero-order chi connectivity index (χ0) is 17.0. The van der Waals surface area contributed by atoms with E-state index in [-0.39, 0.29) is 18.3 Å². The number of amides is 1. The smallest absolute Gasteiger partial charge is 0.336 e. The molecule has 0 spiro atoms. The van der Waals surface area contributed by atoms with E-state index in [2.05, 4.69) is 26.0 Å². The maximum atomic E-state index is 12.2. The lowest BCUT2D eigenvalue weighted by molar-refractivity contribution is -0.123. The van der Waals surface area contributed by atoms with Gasteiger partial charge in [-0.1, -0.05) is 19.0 Å². The fourth-order valence-corrected chi connectivity index (χ4v) is 1.88. The van der Waals surface area contributed by atoms with E-state index >= 15 is 0 Å². The van der Waals surface area contributed by atoms with Gasteiger partial charge in [0.2, 0.25) is 5.91 Å². The summed E-state index contributed by atoms with van der Waals surface area (Å²) < 4.78 is 5.74. The molecular weight excluding hydrogens is 298 g/mol. The fraction of sp³-hybridized carbons (Fsp3) is 0.400. The highest BCUT2D eigenvalue weighted by atomic mass is 16.5. The first kappa shape index (κ1) is 16.4. The number of aromatic nitrogens is 3. The number of nitrogens with zero attached hydrogens (tertiary/aromatic N) is 4. The Morgan fingerprint density at radius 1 is 1.57 bits per heavy atom. The molecule has 0 unspecified atom stereocenters. The first-order valence-electron chi connectivity index (χ1n) is 7.06. The molecule has 0 aliphatic carbocycles. The van der Waals surface area contributed by atoms with Crippen LogP contribution >= 0.6 is 0 Å². The van der Waals surface area contributed by atoms with Crippen LogP contribution in [0.25, 0.3) is 11.4 Å². The van der Waals surface area contributed by atoms with E-state index in [0.29, 0.717) is 5.56 Å². The van der Waals surface area contributed by atoms with Gasteiger partial charge < -0.3 is 5.32 Å². The van der Waals surface area contributed by atoms with E-state index < -0.39 is 17.2 Å². The molecule has 1 N–H and O–H groups in total. The van der Waals surface area contributed by atoms with Crippen LogP contribution in [0.5, 0.6) is 0 Å². The number of nitrogens with one attached hydrogen (secondary N) is 1. The van der Waals surface area contributed by atoms with E-state index in [1.54, 1.807) is 25.3 Å². The minimum absolute atomic E-state index is 0.0894. The Kier molecular flexibility index (Phi) is 4.60. The number of pyridine rings is 1. The predicted octanol–water partition coefficient (Wildman–Crippen LogP) is 0.953. The van der Waals surface area contributed by atoms with Crippen LogP contribution in [0, 0.1) is 17.2 Å². The summed E-state index contributed by atoms with van der Waals surface area (Å²) in [5, 5.41) is 15.6. The fourth-order valence-electron chi connectivity index (χ4n) is 1.88. The number of carbonyl (C=O) groups excluding carboxylic acids is 1. The second kappa shape index (κ2) is 6.44. The molecule has 0 saturated carbocycles. The molecule has 0 aliphatic heterocycles. The van der Waals surface area contributed by atoms with Crippen molar-refractivity contribution < 1.29 is 9.32 Å². The summed E-state index contributed by atoms with van der Waals surface area (Å²) in [6.07, 6.45) is 3.10. The number of nitriles is 1. The van der Waals surface area contributed by atoms with Crippen LogP contribution in [0.2, 0.25) is 0 Å². The lowest BCUT2D eigenvalue weighted by Crippen LogP contribution is -2.50. The third-order valence-corrected chi connectivity index (χ3v) is 3.69. The minimum Gasteiger partial charge on any atom is -0.336 e. The summed E-state index contributed by atoms with van der Waals surface area (Å²) in [5.41, 5.74) is -0.468. The number of rotatable bonds is 5. The molecule has 2 aromatic heterocycles. The van der Waals surface area contributed by atoms with E-state index in [0.717, 1.165) is 4.57 Å². The van der Waals surface area contributed by atoms with Crippen molar-refractivity contribution in [3.63, 3.8) is 0 Å². The molecule has 2 rings (SSSR count). The molecule has 0 fully saturated rings. The molecule has 8 heteroatoms. The minimum atomic E-state index is -1.02. The zero-order valence-electron chi connectivity index (χ0n) is 13.1. The monoisotopic (exact) mass is 315 g/mol. The lowest BCUT2D eigenvalue weighted by atomic mass is 9.90. The molecular formula is C15H17N5O3. The second-order valence-electron chi connectivity index (χ2n) is 5.62. The van der Waals surface area contributed by atoms with Gasteiger partial charge >= 0.3 is 5.76 Å². The maximum absolute atomic E-state index is 12.2. The summed E-state index contributed by atoms with van der Waals surface area (Å²) in [6, 6.07) is 5.47. The highest BCUT2D eigenvalue weighted by Crippen LogP contribution is 2.16. The van der Waals surface area contributed by atoms with Gasteiger partial charge in [0.05, 0.1) is 6.07 Å². The van der Waals surface area contributed by atoms with E-state index in [9.17, 15) is 14.9 Å². The standard InChI is InChI=1S/C15H17N5O3/c1-10(2)15(3,9-16)18-12(21)8-20-13(19-23-14(20)22)11-5-4-6-17-7-11/h4-7,10H,8H2,1-3H3,(H,18,21)/t15-/m1/s1. The van der Waals surface area contributed by atoms with Gasteiger partial charge in [-0.15, -0.1) is 0 Å². The highest BCUT2D eigenvalue weighted by molar-refractivity contribution is 5.77. The predicted molar refractivity (Wildman–Crippen MR) is 81.0 cm³/mol. The van der Waals surface area contributed by atoms with Crippen molar-refractivity contribution in [3.05, 3.63) is 35.1 Å². The Bertz CT molecular complexity index is 787. The molecule has 120 valence electrons. The zero-order valence-corrected chi connectivity index (χ0v) is 13.1. The van der Waals surface area contributed by atoms with Crippen LogP contribution in [0.3, 0.4) is 0 Å². The van der Waals surface area contributed by atoms with Crippen molar-refractivity contribution in [1.29, 1.82) is 5.26 Å². The molecule has 23 heavy (non-hydrogen) atoms. The van der Waals surface area contributed by atoms with Crippen molar-refractivity contribution in [3.8, 4) is 17.5 Å². The van der Waals surface area contributed by atoms with Gasteiger partial charge in [0.15, 0.2) is 5.82 Å². The number of hydrogen-bond donors (Lipinski definition) is 1. The maximum Gasteiger partial charge on any atom is 0.442 e. The summed E-state index contributed by atoms with van der Waals surface area (Å²) in [4.78, 5) is 28.0. The Morgan fingerprint density at radius 3 is 2.87 bits per heavy atom. The normalized spacial score (nSPS) is 13.3. The van der Waals surface area contributed by atoms with Crippen LogP contribution in [-0.4, -0.2) is 26.2 Å². The van der Waals surface area contributed by atoms with Crippen molar-refractivity contribution in [2.24, 2.45) is 5.92 Å². The molecule has 1 amide bonds. The summed E-state index contributed by atoms with van der Waals surface area (Å²) in [7, 11) is 0. The number of hydrogen-bond acceptors (Lipinski definition) is 6. The molecule has 8 nitrogen and oxygen atoms in total. The molecule has 2 heterocycles. The van der Waals surface area contributed by atoms with E-state index in [1.807, 2.05) is 13.8 Å². The Hall–Kier alpha value is -2.95. The van der Waals surface area contributed by atoms with E-state index in [1.165, 1.54) is 6.20 Å². The van der Waals surface area contributed by atoms with Gasteiger partial charge in [-0.25, -0.2) is 9.36 Å². The van der Waals surface area contributed by atoms with Gasteiger partial charge in [0, 0.05) is 18.0 Å². The van der Waals surface area contributed by atoms with Crippen molar-refractivity contribution >= 4 is 5.91 Å². The van der Waals surface area contributed by atoms with Crippen LogP contribution in [0.15, 0.2) is 33.8 Å². The van der Waals surface area contributed by atoms with Crippen LogP contribution in [-0.2, 0) is 11.3 Å². The molecule has 2 aromatic rings. The largest absolute Gasteiger partial charge is 0.442 e. The molecule has 0 radical (unpaired) electrons. The van der Waals surface area contributed by atoms with Gasteiger partial charge in [0.25, 0.3) is 0 Å². The Labute approximate surface area is 132 Å². The SMILES string of the molecule is CC(C)[C@@](C)(C#N)NC(=O)Cn1c(-c2cccnc2)noc1=O. The van der Waals surface area contributed by atoms with Crippen molar-refractivity contribution in [2.45, 2.75) is 32.9 Å². The topological polar surface area (TPSA) is 114 Å². The molecule has 0 saturated heterocycles. The highest BCUT2D eigenvalue weighted by Gasteiger charge is 2.30. The third kappa shape index (κ3) is 3.45. The first-order chi connectivity index (χ1) is 10.9. The average Bonchev–Trinajstić information content (AvgIpc) is 2.88. The van der Waals surface area contributed by atoms with Crippen molar-refractivity contribution in [1.82, 2.24) is 20.0 Å². The Morgan fingerprint density at radius 2 is 2.30 bits per heavy atom. The molecule has 0 aliphatic rings. The van der Waals surface area contributed by atoms with Crippen LogP contribution in [0.1, 0.15) is 20.8 Å². The summed E-state index contributed by atoms with van der Waals surface area (Å²) in [5.74, 6) is -1.10. The van der Waals surface area contributed by atoms with E-state index in [4.69, 9.17) is 0 Å². The van der Waals surface area contributed by atoms with Crippen molar-refractivity contribution in [2.75, 3.05) is 0 Å². The summed E-state index contributed by atoms with van der Waals surface area (Å²) in [6.45, 7) is 5.00.